The van der Waals surface area contributed by atoms with Crippen molar-refractivity contribution < 1.29 is 14.2 Å². The highest BCUT2D eigenvalue weighted by Crippen LogP contribution is 2.33. The molecule has 22 heavy (non-hydrogen) atoms. The second-order valence-electron chi connectivity index (χ2n) is 6.19. The summed E-state index contributed by atoms with van der Waals surface area (Å²) in [6, 6.07) is 16.8. The molecule has 1 heterocycles. The smallest absolute Gasteiger partial charge is 0.254 e. The van der Waals surface area contributed by atoms with Gasteiger partial charge in [-0.05, 0) is 35.4 Å². The second-order valence-corrected chi connectivity index (χ2v) is 6.19. The Morgan fingerprint density at radius 3 is 2.09 bits per heavy atom. The van der Waals surface area contributed by atoms with Crippen LogP contribution < -0.4 is 4.74 Å². The molecule has 0 radical (unpaired) electrons. The topological polar surface area (TPSA) is 34.6 Å². The SMILES string of the molecule is C[OH+]c1ccc(C(C)(C)c2ccc(OCC3CO3)cc2)cc1. The fourth-order valence-electron chi connectivity index (χ4n) is 2.52. The fourth-order valence-corrected chi connectivity index (χ4v) is 2.52. The summed E-state index contributed by atoms with van der Waals surface area (Å²) in [6.45, 7) is 5.94. The lowest BCUT2D eigenvalue weighted by atomic mass is 9.78. The zero-order valence-electron chi connectivity index (χ0n) is 13.4. The zero-order chi connectivity index (χ0) is 15.6. The Labute approximate surface area is 131 Å². The third-order valence-electron chi connectivity index (χ3n) is 4.26. The molecular formula is C19H23O3+. The van der Waals surface area contributed by atoms with Crippen LogP contribution in [0.15, 0.2) is 48.5 Å². The first-order valence-electron chi connectivity index (χ1n) is 7.65. The summed E-state index contributed by atoms with van der Waals surface area (Å²) in [5.74, 6) is 1.90. The van der Waals surface area contributed by atoms with Crippen LogP contribution in [0, 0.1) is 0 Å². The largest absolute Gasteiger partial charge is 0.585 e. The Balaban J connectivity index is 1.74. The van der Waals surface area contributed by atoms with Crippen LogP contribution in [-0.2, 0) is 10.2 Å². The van der Waals surface area contributed by atoms with Gasteiger partial charge >= 0.3 is 0 Å². The molecule has 3 heteroatoms. The van der Waals surface area contributed by atoms with E-state index >= 15 is 0 Å². The van der Waals surface area contributed by atoms with Gasteiger partial charge in [0.25, 0.3) is 5.75 Å². The maximum atomic E-state index is 5.70. The van der Waals surface area contributed by atoms with Crippen LogP contribution in [-0.4, -0.2) is 31.2 Å². The van der Waals surface area contributed by atoms with E-state index in [-0.39, 0.29) is 5.41 Å². The highest BCUT2D eigenvalue weighted by atomic mass is 16.6. The summed E-state index contributed by atoms with van der Waals surface area (Å²) < 4.78 is 15.0. The van der Waals surface area contributed by atoms with E-state index in [1.165, 1.54) is 11.1 Å². The number of hydrogen-bond donors (Lipinski definition) is 0. The standard InChI is InChI=1S/C19H22O3/c1-19(2,14-4-8-16(20-3)9-5-14)15-6-10-17(11-7-15)21-12-18-13-22-18/h4-11,18H,12-13H2,1-3H3/p+1. The molecule has 3 rings (SSSR count). The van der Waals surface area contributed by atoms with Crippen LogP contribution in [0.25, 0.3) is 0 Å². The lowest BCUT2D eigenvalue weighted by Gasteiger charge is -2.26. The van der Waals surface area contributed by atoms with Gasteiger partial charge < -0.3 is 14.2 Å². The van der Waals surface area contributed by atoms with Gasteiger partial charge in [-0.1, -0.05) is 26.0 Å². The molecule has 1 fully saturated rings. The Hall–Kier alpha value is -2.00. The monoisotopic (exact) mass is 299 g/mol. The molecule has 0 saturated carbocycles. The minimum Gasteiger partial charge on any atom is -0.585 e. The average molecular weight is 299 g/mol. The third kappa shape index (κ3) is 3.25. The van der Waals surface area contributed by atoms with Crippen LogP contribution in [0.3, 0.4) is 0 Å². The molecule has 1 saturated heterocycles. The Morgan fingerprint density at radius 2 is 1.59 bits per heavy atom. The summed E-state index contributed by atoms with van der Waals surface area (Å²) >= 11 is 0. The average Bonchev–Trinajstić information content (AvgIpc) is 3.38. The summed E-state index contributed by atoms with van der Waals surface area (Å²) in [5, 5.41) is 0. The molecule has 0 aliphatic carbocycles. The van der Waals surface area contributed by atoms with Crippen LogP contribution in [0.4, 0.5) is 0 Å². The van der Waals surface area contributed by atoms with E-state index in [1.54, 1.807) is 0 Å². The summed E-state index contributed by atoms with van der Waals surface area (Å²) in [6.07, 6.45) is 0.290. The van der Waals surface area contributed by atoms with Crippen molar-refractivity contribution in [2.24, 2.45) is 0 Å². The van der Waals surface area contributed by atoms with Gasteiger partial charge in [-0.2, -0.15) is 0 Å². The van der Waals surface area contributed by atoms with E-state index in [0.29, 0.717) is 12.7 Å². The minimum absolute atomic E-state index is 0.0512. The van der Waals surface area contributed by atoms with E-state index in [0.717, 1.165) is 18.1 Å². The molecule has 1 N–H and O–H groups in total. The fraction of sp³-hybridized carbons (Fsp3) is 0.368. The maximum absolute atomic E-state index is 5.70. The molecule has 0 spiro atoms. The molecule has 0 amide bonds. The van der Waals surface area contributed by atoms with Gasteiger partial charge in [0.15, 0.2) is 7.11 Å². The van der Waals surface area contributed by atoms with Crippen LogP contribution in [0.5, 0.6) is 11.5 Å². The lowest BCUT2D eigenvalue weighted by Crippen LogP contribution is -2.18. The van der Waals surface area contributed by atoms with Gasteiger partial charge in [-0.3, -0.25) is 0 Å². The Kier molecular flexibility index (Phi) is 4.08. The van der Waals surface area contributed by atoms with E-state index in [9.17, 15) is 0 Å². The first kappa shape index (κ1) is 14.9. The molecule has 116 valence electrons. The Bertz CT molecular complexity index is 610. The molecule has 1 aliphatic heterocycles. The molecule has 2 aromatic rings. The molecule has 1 atom stereocenters. The summed E-state index contributed by atoms with van der Waals surface area (Å²) in [5.41, 5.74) is 2.49. The van der Waals surface area contributed by atoms with Crippen molar-refractivity contribution in [3.63, 3.8) is 0 Å². The number of hydrogen-bond acceptors (Lipinski definition) is 2. The van der Waals surface area contributed by atoms with E-state index in [1.807, 2.05) is 19.2 Å². The predicted molar refractivity (Wildman–Crippen MR) is 87.8 cm³/mol. The number of rotatable bonds is 6. The van der Waals surface area contributed by atoms with E-state index < -0.39 is 0 Å². The third-order valence-corrected chi connectivity index (χ3v) is 4.26. The van der Waals surface area contributed by atoms with Crippen LogP contribution in [0.1, 0.15) is 25.0 Å². The summed E-state index contributed by atoms with van der Waals surface area (Å²) in [7, 11) is 1.81. The Morgan fingerprint density at radius 1 is 1.05 bits per heavy atom. The van der Waals surface area contributed by atoms with Crippen molar-refractivity contribution >= 4 is 0 Å². The van der Waals surface area contributed by atoms with Crippen LogP contribution in [0.2, 0.25) is 0 Å². The minimum atomic E-state index is -0.0512. The van der Waals surface area contributed by atoms with Crippen LogP contribution >= 0.6 is 0 Å². The number of benzene rings is 2. The second kappa shape index (κ2) is 6.01. The number of ether oxygens (including phenoxy) is 3. The van der Waals surface area contributed by atoms with Gasteiger partial charge in [0, 0.05) is 17.5 Å². The molecule has 0 aromatic heterocycles. The van der Waals surface area contributed by atoms with Crippen molar-refractivity contribution in [3.8, 4) is 11.5 Å². The summed E-state index contributed by atoms with van der Waals surface area (Å²) in [4.78, 5) is 0. The van der Waals surface area contributed by atoms with Gasteiger partial charge in [-0.25, -0.2) is 0 Å². The molecule has 0 bridgehead atoms. The highest BCUT2D eigenvalue weighted by Gasteiger charge is 2.24. The molecule has 1 unspecified atom stereocenters. The van der Waals surface area contributed by atoms with Crippen molar-refractivity contribution in [2.45, 2.75) is 25.4 Å². The molecule has 3 nitrogen and oxygen atoms in total. The van der Waals surface area contributed by atoms with Crippen molar-refractivity contribution in [1.82, 2.24) is 0 Å². The molecule has 1 aliphatic rings. The van der Waals surface area contributed by atoms with Crippen molar-refractivity contribution in [3.05, 3.63) is 59.7 Å². The first-order valence-corrected chi connectivity index (χ1v) is 7.65. The van der Waals surface area contributed by atoms with Gasteiger partial charge in [0.05, 0.1) is 6.61 Å². The number of aliphatic hydroxyl groups is 1. The number of epoxide rings is 1. The van der Waals surface area contributed by atoms with Gasteiger partial charge in [-0.15, -0.1) is 0 Å². The number of aromatic hydroxyl groups is 1. The lowest BCUT2D eigenvalue weighted by molar-refractivity contribution is 0.136. The quantitative estimate of drug-likeness (QED) is 0.602. The van der Waals surface area contributed by atoms with Crippen molar-refractivity contribution in [2.75, 3.05) is 20.3 Å². The van der Waals surface area contributed by atoms with E-state index in [4.69, 9.17) is 9.47 Å². The zero-order valence-corrected chi connectivity index (χ0v) is 13.4. The molecular weight excluding hydrogens is 276 g/mol. The van der Waals surface area contributed by atoms with Gasteiger partial charge in [0.1, 0.15) is 18.5 Å². The normalized spacial score (nSPS) is 17.1. The predicted octanol–water partition coefficient (Wildman–Crippen LogP) is 3.66. The van der Waals surface area contributed by atoms with Gasteiger partial charge in [0.2, 0.25) is 0 Å². The van der Waals surface area contributed by atoms with Crippen molar-refractivity contribution in [1.29, 1.82) is 0 Å². The first-order chi connectivity index (χ1) is 10.6. The highest BCUT2D eigenvalue weighted by molar-refractivity contribution is 5.41. The molecule has 2 aromatic carbocycles. The maximum Gasteiger partial charge on any atom is 0.254 e. The van der Waals surface area contributed by atoms with E-state index in [2.05, 4.69) is 55.0 Å².